The number of halogens is 1. The van der Waals surface area contributed by atoms with E-state index in [1.165, 1.54) is 20.4 Å². The molecule has 1 rings (SSSR count). The zero-order valence-corrected chi connectivity index (χ0v) is 9.23. The molecule has 0 fully saturated rings. The standard InChI is InChI=1S/C10H11ClN2O2/c1-13(10(14)15-2)12-7-8-4-3-5-9(11)6-8/h3-7H,1-2H3/b12-7+. The number of hydrazone groups is 1. The van der Waals surface area contributed by atoms with Crippen molar-refractivity contribution in [1.29, 1.82) is 0 Å². The highest BCUT2D eigenvalue weighted by Crippen LogP contribution is 2.08. The van der Waals surface area contributed by atoms with Gasteiger partial charge < -0.3 is 4.74 Å². The molecule has 0 atom stereocenters. The molecule has 0 heterocycles. The second-order valence-corrected chi connectivity index (χ2v) is 3.23. The molecule has 0 aliphatic heterocycles. The van der Waals surface area contributed by atoms with Gasteiger partial charge in [0.1, 0.15) is 0 Å². The Labute approximate surface area is 93.1 Å². The first-order valence-corrected chi connectivity index (χ1v) is 4.62. The van der Waals surface area contributed by atoms with Gasteiger partial charge in [0.25, 0.3) is 0 Å². The lowest BCUT2D eigenvalue weighted by Gasteiger charge is -2.07. The van der Waals surface area contributed by atoms with Crippen LogP contribution in [0, 0.1) is 0 Å². The molecule has 1 aromatic rings. The highest BCUT2D eigenvalue weighted by Gasteiger charge is 2.03. The third kappa shape index (κ3) is 3.59. The summed E-state index contributed by atoms with van der Waals surface area (Å²) < 4.78 is 4.47. The van der Waals surface area contributed by atoms with Gasteiger partial charge in [-0.3, -0.25) is 0 Å². The van der Waals surface area contributed by atoms with E-state index in [1.807, 2.05) is 12.1 Å². The van der Waals surface area contributed by atoms with Crippen LogP contribution in [0.3, 0.4) is 0 Å². The number of amides is 1. The number of carbonyl (C=O) groups is 1. The maximum Gasteiger partial charge on any atom is 0.429 e. The molecule has 0 bridgehead atoms. The van der Waals surface area contributed by atoms with Gasteiger partial charge in [0.15, 0.2) is 0 Å². The molecule has 0 spiro atoms. The number of hydrogen-bond acceptors (Lipinski definition) is 3. The third-order valence-electron chi connectivity index (χ3n) is 1.67. The van der Waals surface area contributed by atoms with Crippen molar-refractivity contribution in [3.8, 4) is 0 Å². The summed E-state index contributed by atoms with van der Waals surface area (Å²) in [6.07, 6.45) is 1.01. The van der Waals surface area contributed by atoms with Crippen LogP contribution in [0.25, 0.3) is 0 Å². The van der Waals surface area contributed by atoms with Gasteiger partial charge in [-0.05, 0) is 17.7 Å². The summed E-state index contributed by atoms with van der Waals surface area (Å²) in [7, 11) is 2.81. The number of methoxy groups -OCH3 is 1. The number of benzene rings is 1. The van der Waals surface area contributed by atoms with E-state index >= 15 is 0 Å². The Morgan fingerprint density at radius 3 is 2.93 bits per heavy atom. The molecular formula is C10H11ClN2O2. The molecule has 0 aliphatic rings. The van der Waals surface area contributed by atoms with E-state index in [1.54, 1.807) is 12.1 Å². The summed E-state index contributed by atoms with van der Waals surface area (Å²) in [4.78, 5) is 11.0. The quantitative estimate of drug-likeness (QED) is 0.574. The van der Waals surface area contributed by atoms with Crippen molar-refractivity contribution in [2.24, 2.45) is 5.10 Å². The fourth-order valence-corrected chi connectivity index (χ4v) is 1.12. The number of hydrogen-bond donors (Lipinski definition) is 0. The fourth-order valence-electron chi connectivity index (χ4n) is 0.919. The summed E-state index contributed by atoms with van der Waals surface area (Å²) in [6.45, 7) is 0. The molecular weight excluding hydrogens is 216 g/mol. The van der Waals surface area contributed by atoms with Gasteiger partial charge in [-0.15, -0.1) is 0 Å². The minimum atomic E-state index is -0.520. The first-order valence-electron chi connectivity index (χ1n) is 4.24. The molecule has 80 valence electrons. The second-order valence-electron chi connectivity index (χ2n) is 2.79. The zero-order valence-electron chi connectivity index (χ0n) is 8.48. The lowest BCUT2D eigenvalue weighted by atomic mass is 10.2. The van der Waals surface area contributed by atoms with Crippen molar-refractivity contribution in [3.63, 3.8) is 0 Å². The number of ether oxygens (including phenoxy) is 1. The minimum Gasteiger partial charge on any atom is -0.451 e. The van der Waals surface area contributed by atoms with Crippen LogP contribution in [-0.4, -0.2) is 31.5 Å². The molecule has 5 heteroatoms. The first kappa shape index (κ1) is 11.5. The van der Waals surface area contributed by atoms with E-state index in [4.69, 9.17) is 11.6 Å². The predicted octanol–water partition coefficient (Wildman–Crippen LogP) is 2.37. The van der Waals surface area contributed by atoms with E-state index in [-0.39, 0.29) is 0 Å². The Balaban J connectivity index is 2.69. The number of rotatable bonds is 2. The van der Waals surface area contributed by atoms with Crippen molar-refractivity contribution in [1.82, 2.24) is 5.01 Å². The van der Waals surface area contributed by atoms with Crippen LogP contribution in [0.5, 0.6) is 0 Å². The maximum atomic E-state index is 11.0. The molecule has 1 amide bonds. The highest BCUT2D eigenvalue weighted by molar-refractivity contribution is 6.30. The fraction of sp³-hybridized carbons (Fsp3) is 0.200. The zero-order chi connectivity index (χ0) is 11.3. The van der Waals surface area contributed by atoms with Gasteiger partial charge in [-0.2, -0.15) is 5.10 Å². The molecule has 4 nitrogen and oxygen atoms in total. The van der Waals surface area contributed by atoms with Crippen molar-refractivity contribution >= 4 is 23.9 Å². The van der Waals surface area contributed by atoms with Gasteiger partial charge in [0.2, 0.25) is 0 Å². The largest absolute Gasteiger partial charge is 0.451 e. The Hall–Kier alpha value is -1.55. The van der Waals surface area contributed by atoms with Crippen LogP contribution >= 0.6 is 11.6 Å². The topological polar surface area (TPSA) is 41.9 Å². The summed E-state index contributed by atoms with van der Waals surface area (Å²) in [5.74, 6) is 0. The Kier molecular flexibility index (Phi) is 4.12. The van der Waals surface area contributed by atoms with Crippen LogP contribution in [0.15, 0.2) is 29.4 Å². The molecule has 0 N–H and O–H groups in total. The van der Waals surface area contributed by atoms with E-state index in [0.717, 1.165) is 10.6 Å². The molecule has 0 radical (unpaired) electrons. The minimum absolute atomic E-state index is 0.520. The lowest BCUT2D eigenvalue weighted by molar-refractivity contribution is 0.135. The summed E-state index contributed by atoms with van der Waals surface area (Å²) >= 11 is 5.78. The van der Waals surface area contributed by atoms with E-state index in [9.17, 15) is 4.79 Å². The predicted molar refractivity (Wildman–Crippen MR) is 59.2 cm³/mol. The average Bonchev–Trinajstić information content (AvgIpc) is 2.25. The van der Waals surface area contributed by atoms with Crippen molar-refractivity contribution < 1.29 is 9.53 Å². The Morgan fingerprint density at radius 2 is 2.33 bits per heavy atom. The van der Waals surface area contributed by atoms with Crippen molar-refractivity contribution in [2.45, 2.75) is 0 Å². The van der Waals surface area contributed by atoms with Gasteiger partial charge in [-0.25, -0.2) is 9.80 Å². The molecule has 0 unspecified atom stereocenters. The van der Waals surface area contributed by atoms with Crippen LogP contribution < -0.4 is 0 Å². The number of carbonyl (C=O) groups excluding carboxylic acids is 1. The molecule has 0 saturated heterocycles. The molecule has 0 aliphatic carbocycles. The van der Waals surface area contributed by atoms with Crippen molar-refractivity contribution in [2.75, 3.05) is 14.2 Å². The molecule has 0 saturated carbocycles. The monoisotopic (exact) mass is 226 g/mol. The van der Waals surface area contributed by atoms with Crippen molar-refractivity contribution in [3.05, 3.63) is 34.9 Å². The van der Waals surface area contributed by atoms with Crippen LogP contribution in [0.4, 0.5) is 4.79 Å². The van der Waals surface area contributed by atoms with Crippen LogP contribution in [0.2, 0.25) is 5.02 Å². The summed E-state index contributed by atoms with van der Waals surface area (Å²) in [6, 6.07) is 7.15. The second kappa shape index (κ2) is 5.36. The maximum absolute atomic E-state index is 11.0. The van der Waals surface area contributed by atoms with Gasteiger partial charge >= 0.3 is 6.09 Å². The molecule has 1 aromatic carbocycles. The van der Waals surface area contributed by atoms with Crippen LogP contribution in [-0.2, 0) is 4.74 Å². The van der Waals surface area contributed by atoms with Gasteiger partial charge in [0.05, 0.1) is 13.3 Å². The average molecular weight is 227 g/mol. The Bertz CT molecular complexity index is 379. The lowest BCUT2D eigenvalue weighted by Crippen LogP contribution is -2.20. The first-order chi connectivity index (χ1) is 7.13. The SMILES string of the molecule is COC(=O)N(C)/N=C/c1cccc(Cl)c1. The van der Waals surface area contributed by atoms with E-state index < -0.39 is 6.09 Å². The highest BCUT2D eigenvalue weighted by atomic mass is 35.5. The summed E-state index contributed by atoms with van der Waals surface area (Å²) in [5.41, 5.74) is 0.818. The van der Waals surface area contributed by atoms with Crippen LogP contribution in [0.1, 0.15) is 5.56 Å². The Morgan fingerprint density at radius 1 is 1.60 bits per heavy atom. The summed E-state index contributed by atoms with van der Waals surface area (Å²) in [5, 5.41) is 5.60. The third-order valence-corrected chi connectivity index (χ3v) is 1.90. The number of nitrogens with zero attached hydrogens (tertiary/aromatic N) is 2. The van der Waals surface area contributed by atoms with E-state index in [2.05, 4.69) is 9.84 Å². The van der Waals surface area contributed by atoms with Gasteiger partial charge in [0, 0.05) is 12.1 Å². The van der Waals surface area contributed by atoms with Gasteiger partial charge in [-0.1, -0.05) is 23.7 Å². The molecule has 15 heavy (non-hydrogen) atoms. The molecule has 0 aromatic heterocycles. The normalized spacial score (nSPS) is 10.3. The van der Waals surface area contributed by atoms with E-state index in [0.29, 0.717) is 5.02 Å². The smallest absolute Gasteiger partial charge is 0.429 e.